The second-order valence-corrected chi connectivity index (χ2v) is 7.17. The molecule has 0 radical (unpaired) electrons. The van der Waals surface area contributed by atoms with E-state index < -0.39 is 10.2 Å². The number of amides is 2. The van der Waals surface area contributed by atoms with Gasteiger partial charge in [0, 0.05) is 27.2 Å². The van der Waals surface area contributed by atoms with Crippen molar-refractivity contribution in [3.63, 3.8) is 0 Å². The molecule has 1 heterocycles. The lowest BCUT2D eigenvalue weighted by atomic mass is 10.1. The number of hydrogen-bond acceptors (Lipinski definition) is 4. The largest absolute Gasteiger partial charge is 0.278 e. The van der Waals surface area contributed by atoms with E-state index in [1.807, 2.05) is 0 Å². The Morgan fingerprint density at radius 1 is 1.05 bits per heavy atom. The Morgan fingerprint density at radius 2 is 1.59 bits per heavy atom. The Labute approximate surface area is 130 Å². The highest BCUT2D eigenvalue weighted by molar-refractivity contribution is 7.87. The van der Waals surface area contributed by atoms with Crippen LogP contribution in [0.2, 0.25) is 0 Å². The van der Waals surface area contributed by atoms with E-state index in [9.17, 15) is 18.0 Å². The van der Waals surface area contributed by atoms with Crippen LogP contribution in [0.4, 0.5) is 0 Å². The molecule has 22 heavy (non-hydrogen) atoms. The van der Waals surface area contributed by atoms with Crippen LogP contribution in [0.5, 0.6) is 0 Å². The summed E-state index contributed by atoms with van der Waals surface area (Å²) in [4.78, 5) is 25.4. The molecule has 2 amide bonds. The lowest BCUT2D eigenvalue weighted by molar-refractivity contribution is 0.0652. The predicted octanol–water partition coefficient (Wildman–Crippen LogP) is 0.459. The third kappa shape index (κ3) is 3.34. The minimum Gasteiger partial charge on any atom is -0.274 e. The average molecular weight is 325 g/mol. The third-order valence-electron chi connectivity index (χ3n) is 3.45. The van der Waals surface area contributed by atoms with Gasteiger partial charge < -0.3 is 0 Å². The van der Waals surface area contributed by atoms with Crippen molar-refractivity contribution in [3.05, 3.63) is 35.4 Å². The molecular weight excluding hydrogens is 306 g/mol. The molecule has 0 atom stereocenters. The van der Waals surface area contributed by atoms with E-state index >= 15 is 0 Å². The van der Waals surface area contributed by atoms with Gasteiger partial charge in [0.1, 0.15) is 0 Å². The Balaban J connectivity index is 1.82. The standard InChI is InChI=1S/C14H19N3O4S/c1-16(2)22(20,21)15-9-5-6-10-17-13(18)11-7-3-4-8-12(11)14(17)19/h3-4,7-8,15H,5-6,9-10H2,1-2H3. The maximum Gasteiger partial charge on any atom is 0.278 e. The highest BCUT2D eigenvalue weighted by Gasteiger charge is 2.34. The second kappa shape index (κ2) is 6.55. The zero-order valence-corrected chi connectivity index (χ0v) is 13.4. The number of rotatable bonds is 7. The number of unbranched alkanes of at least 4 members (excludes halogenated alkanes) is 1. The highest BCUT2D eigenvalue weighted by atomic mass is 32.2. The van der Waals surface area contributed by atoms with Crippen LogP contribution >= 0.6 is 0 Å². The molecule has 0 aromatic heterocycles. The zero-order chi connectivity index (χ0) is 16.3. The van der Waals surface area contributed by atoms with Gasteiger partial charge in [0.2, 0.25) is 0 Å². The summed E-state index contributed by atoms with van der Waals surface area (Å²) in [6, 6.07) is 6.73. The number of benzene rings is 1. The van der Waals surface area contributed by atoms with Crippen LogP contribution in [0.1, 0.15) is 33.6 Å². The van der Waals surface area contributed by atoms with Crippen molar-refractivity contribution < 1.29 is 18.0 Å². The van der Waals surface area contributed by atoms with Gasteiger partial charge in [0.15, 0.2) is 0 Å². The van der Waals surface area contributed by atoms with Gasteiger partial charge in [0.25, 0.3) is 22.0 Å². The van der Waals surface area contributed by atoms with Crippen molar-refractivity contribution >= 4 is 22.0 Å². The van der Waals surface area contributed by atoms with Gasteiger partial charge in [-0.3, -0.25) is 14.5 Å². The SMILES string of the molecule is CN(C)S(=O)(=O)NCCCCN1C(=O)c2ccccc2C1=O. The van der Waals surface area contributed by atoms with Gasteiger partial charge in [-0.1, -0.05) is 12.1 Å². The normalized spacial score (nSPS) is 14.8. The van der Waals surface area contributed by atoms with Crippen molar-refractivity contribution in [2.75, 3.05) is 27.2 Å². The van der Waals surface area contributed by atoms with E-state index in [0.717, 1.165) is 4.31 Å². The summed E-state index contributed by atoms with van der Waals surface area (Å²) < 4.78 is 26.5. The molecule has 0 fully saturated rings. The number of carbonyl (C=O) groups excluding carboxylic acids is 2. The van der Waals surface area contributed by atoms with Gasteiger partial charge in [0.05, 0.1) is 11.1 Å². The fourth-order valence-corrected chi connectivity index (χ4v) is 2.83. The van der Waals surface area contributed by atoms with Gasteiger partial charge in [-0.2, -0.15) is 12.7 Å². The van der Waals surface area contributed by atoms with Gasteiger partial charge in [-0.05, 0) is 25.0 Å². The minimum absolute atomic E-state index is 0.268. The molecule has 8 heteroatoms. The van der Waals surface area contributed by atoms with Crippen LogP contribution in [-0.4, -0.2) is 56.6 Å². The third-order valence-corrected chi connectivity index (χ3v) is 4.98. The molecule has 0 spiro atoms. The predicted molar refractivity (Wildman–Crippen MR) is 81.7 cm³/mol. The smallest absolute Gasteiger partial charge is 0.274 e. The molecule has 1 aliphatic heterocycles. The number of nitrogens with zero attached hydrogens (tertiary/aromatic N) is 2. The molecule has 0 bridgehead atoms. The van der Waals surface area contributed by atoms with Crippen LogP contribution in [0.15, 0.2) is 24.3 Å². The van der Waals surface area contributed by atoms with Crippen molar-refractivity contribution in [1.82, 2.24) is 13.9 Å². The van der Waals surface area contributed by atoms with Crippen LogP contribution in [0.3, 0.4) is 0 Å². The van der Waals surface area contributed by atoms with E-state index in [-0.39, 0.29) is 24.9 Å². The first-order valence-corrected chi connectivity index (χ1v) is 8.41. The molecule has 0 unspecified atom stereocenters. The summed E-state index contributed by atoms with van der Waals surface area (Å²) >= 11 is 0. The Bertz CT molecular complexity index is 650. The first-order chi connectivity index (χ1) is 10.3. The molecule has 2 rings (SSSR count). The van der Waals surface area contributed by atoms with Crippen LogP contribution in [-0.2, 0) is 10.2 Å². The quantitative estimate of drug-likeness (QED) is 0.583. The molecule has 1 aliphatic rings. The summed E-state index contributed by atoms with van der Waals surface area (Å²) in [6.07, 6.45) is 1.09. The van der Waals surface area contributed by atoms with Crippen molar-refractivity contribution in [2.45, 2.75) is 12.8 Å². The van der Waals surface area contributed by atoms with Gasteiger partial charge in [-0.15, -0.1) is 0 Å². The molecular formula is C14H19N3O4S. The zero-order valence-electron chi connectivity index (χ0n) is 12.6. The van der Waals surface area contributed by atoms with Crippen molar-refractivity contribution in [3.8, 4) is 0 Å². The Hall–Kier alpha value is -1.77. The molecule has 1 aromatic carbocycles. The molecule has 0 saturated heterocycles. The van der Waals surface area contributed by atoms with E-state index in [1.54, 1.807) is 24.3 Å². The molecule has 0 saturated carbocycles. The topological polar surface area (TPSA) is 86.8 Å². The number of imide groups is 1. The maximum atomic E-state index is 12.1. The van der Waals surface area contributed by atoms with Crippen LogP contribution < -0.4 is 4.72 Å². The molecule has 1 aromatic rings. The number of hydrogen-bond donors (Lipinski definition) is 1. The summed E-state index contributed by atoms with van der Waals surface area (Å²) in [5, 5.41) is 0. The summed E-state index contributed by atoms with van der Waals surface area (Å²) in [7, 11) is -0.536. The first-order valence-electron chi connectivity index (χ1n) is 6.97. The van der Waals surface area contributed by atoms with E-state index in [2.05, 4.69) is 4.72 Å². The maximum absolute atomic E-state index is 12.1. The number of fused-ring (bicyclic) bond motifs is 1. The van der Waals surface area contributed by atoms with E-state index in [4.69, 9.17) is 0 Å². The first kappa shape index (κ1) is 16.6. The lowest BCUT2D eigenvalue weighted by Gasteiger charge is -2.14. The lowest BCUT2D eigenvalue weighted by Crippen LogP contribution is -2.36. The molecule has 0 aliphatic carbocycles. The molecule has 1 N–H and O–H groups in total. The van der Waals surface area contributed by atoms with Gasteiger partial charge in [-0.25, -0.2) is 4.72 Å². The fourth-order valence-electron chi connectivity index (χ4n) is 2.17. The number of nitrogens with one attached hydrogen (secondary N) is 1. The summed E-state index contributed by atoms with van der Waals surface area (Å²) in [5.74, 6) is -0.566. The van der Waals surface area contributed by atoms with Crippen molar-refractivity contribution in [2.24, 2.45) is 0 Å². The molecule has 7 nitrogen and oxygen atoms in total. The second-order valence-electron chi connectivity index (χ2n) is 5.20. The van der Waals surface area contributed by atoms with Gasteiger partial charge >= 0.3 is 0 Å². The van der Waals surface area contributed by atoms with Crippen LogP contribution in [0.25, 0.3) is 0 Å². The minimum atomic E-state index is -3.43. The Morgan fingerprint density at radius 3 is 2.09 bits per heavy atom. The van der Waals surface area contributed by atoms with E-state index in [0.29, 0.717) is 24.0 Å². The van der Waals surface area contributed by atoms with Crippen molar-refractivity contribution in [1.29, 1.82) is 0 Å². The Kier molecular flexibility index (Phi) is 4.94. The van der Waals surface area contributed by atoms with Crippen LogP contribution in [0, 0.1) is 0 Å². The summed E-state index contributed by atoms with van der Waals surface area (Å²) in [6.45, 7) is 0.555. The average Bonchev–Trinajstić information content (AvgIpc) is 2.72. The fraction of sp³-hybridized carbons (Fsp3) is 0.429. The van der Waals surface area contributed by atoms with E-state index in [1.165, 1.54) is 19.0 Å². The summed E-state index contributed by atoms with van der Waals surface area (Å²) in [5.41, 5.74) is 0.863. The molecule has 120 valence electrons. The number of carbonyl (C=O) groups is 2. The highest BCUT2D eigenvalue weighted by Crippen LogP contribution is 2.22. The monoisotopic (exact) mass is 325 g/mol.